The normalized spacial score (nSPS) is 18.4. The highest BCUT2D eigenvalue weighted by Gasteiger charge is 2.36. The molecule has 1 aliphatic heterocycles. The maximum atomic E-state index is 11.7. The number of allylic oxidation sites excluding steroid dienone is 1. The van der Waals surface area contributed by atoms with Gasteiger partial charge < -0.3 is 15.2 Å². The lowest BCUT2D eigenvalue weighted by atomic mass is 9.86. The van der Waals surface area contributed by atoms with Gasteiger partial charge >= 0.3 is 5.97 Å². The molecule has 1 amide bonds. The van der Waals surface area contributed by atoms with Crippen LogP contribution in [-0.4, -0.2) is 35.7 Å². The highest BCUT2D eigenvalue weighted by atomic mass is 16.5. The van der Waals surface area contributed by atoms with E-state index in [1.54, 1.807) is 6.08 Å². The molecule has 5 heteroatoms. The Morgan fingerprint density at radius 1 is 1.41 bits per heavy atom. The van der Waals surface area contributed by atoms with Gasteiger partial charge in [-0.3, -0.25) is 9.59 Å². The molecule has 96 valence electrons. The Kier molecular flexibility index (Phi) is 5.15. The van der Waals surface area contributed by atoms with E-state index < -0.39 is 11.5 Å². The van der Waals surface area contributed by atoms with Crippen molar-refractivity contribution in [3.05, 3.63) is 12.7 Å². The van der Waals surface area contributed by atoms with Crippen LogP contribution in [0.1, 0.15) is 32.1 Å². The molecule has 1 aliphatic rings. The number of hydrogen-bond acceptors (Lipinski definition) is 3. The zero-order valence-electron chi connectivity index (χ0n) is 9.91. The van der Waals surface area contributed by atoms with Crippen LogP contribution in [0.15, 0.2) is 12.7 Å². The van der Waals surface area contributed by atoms with Crippen LogP contribution >= 0.6 is 0 Å². The number of amides is 1. The van der Waals surface area contributed by atoms with Gasteiger partial charge in [0.1, 0.15) is 0 Å². The summed E-state index contributed by atoms with van der Waals surface area (Å²) >= 11 is 0. The average Bonchev–Trinajstić information content (AvgIpc) is 2.26. The van der Waals surface area contributed by atoms with Crippen LogP contribution in [-0.2, 0) is 14.3 Å². The van der Waals surface area contributed by atoms with Crippen molar-refractivity contribution < 1.29 is 19.4 Å². The number of nitrogens with one attached hydrogen (secondary N) is 1. The third-order valence-corrected chi connectivity index (χ3v) is 2.92. The van der Waals surface area contributed by atoms with Crippen LogP contribution in [0, 0.1) is 0 Å². The molecule has 1 saturated heterocycles. The monoisotopic (exact) mass is 241 g/mol. The van der Waals surface area contributed by atoms with E-state index in [4.69, 9.17) is 9.84 Å². The Balaban J connectivity index is 2.59. The Hall–Kier alpha value is -1.36. The lowest BCUT2D eigenvalue weighted by molar-refractivity contribution is -0.140. The molecule has 0 bridgehead atoms. The van der Waals surface area contributed by atoms with Crippen LogP contribution in [0.25, 0.3) is 0 Å². The van der Waals surface area contributed by atoms with Crippen LogP contribution in [0.5, 0.6) is 0 Å². The second-order valence-electron chi connectivity index (χ2n) is 4.34. The number of aliphatic carboxylic acids is 1. The Morgan fingerprint density at radius 2 is 2.06 bits per heavy atom. The Bertz CT molecular complexity index is 295. The molecule has 0 aromatic carbocycles. The fourth-order valence-corrected chi connectivity index (χ4v) is 1.99. The SMILES string of the molecule is C=CCCC(=O)NC1(CC(=O)O)CCOCC1. The maximum Gasteiger partial charge on any atom is 0.305 e. The van der Waals surface area contributed by atoms with Crippen molar-refractivity contribution in [2.75, 3.05) is 13.2 Å². The fraction of sp³-hybridized carbons (Fsp3) is 0.667. The summed E-state index contributed by atoms with van der Waals surface area (Å²) in [5.74, 6) is -1.01. The zero-order valence-corrected chi connectivity index (χ0v) is 9.91. The first-order chi connectivity index (χ1) is 8.08. The van der Waals surface area contributed by atoms with E-state index in [0.29, 0.717) is 38.9 Å². The first kappa shape index (κ1) is 13.7. The van der Waals surface area contributed by atoms with Gasteiger partial charge in [0.25, 0.3) is 0 Å². The van der Waals surface area contributed by atoms with Crippen molar-refractivity contribution in [2.24, 2.45) is 0 Å². The smallest absolute Gasteiger partial charge is 0.305 e. The molecular weight excluding hydrogens is 222 g/mol. The van der Waals surface area contributed by atoms with Crippen molar-refractivity contribution in [1.29, 1.82) is 0 Å². The third-order valence-electron chi connectivity index (χ3n) is 2.92. The van der Waals surface area contributed by atoms with Crippen LogP contribution in [0.3, 0.4) is 0 Å². The molecule has 1 heterocycles. The fourth-order valence-electron chi connectivity index (χ4n) is 1.99. The van der Waals surface area contributed by atoms with Crippen molar-refractivity contribution in [3.8, 4) is 0 Å². The van der Waals surface area contributed by atoms with E-state index in [1.165, 1.54) is 0 Å². The van der Waals surface area contributed by atoms with Crippen LogP contribution < -0.4 is 5.32 Å². The van der Waals surface area contributed by atoms with Crippen molar-refractivity contribution >= 4 is 11.9 Å². The molecule has 0 aromatic rings. The number of carbonyl (C=O) groups excluding carboxylic acids is 1. The summed E-state index contributed by atoms with van der Waals surface area (Å²) < 4.78 is 5.21. The summed E-state index contributed by atoms with van der Waals surface area (Å²) in [7, 11) is 0. The minimum absolute atomic E-state index is 0.0454. The van der Waals surface area contributed by atoms with E-state index in [-0.39, 0.29) is 12.3 Å². The molecule has 0 saturated carbocycles. The lowest BCUT2D eigenvalue weighted by Crippen LogP contribution is -2.53. The molecule has 0 aromatic heterocycles. The molecule has 1 fully saturated rings. The molecule has 0 atom stereocenters. The van der Waals surface area contributed by atoms with E-state index in [9.17, 15) is 9.59 Å². The minimum atomic E-state index is -0.893. The lowest BCUT2D eigenvalue weighted by Gasteiger charge is -2.36. The number of rotatable bonds is 6. The second-order valence-corrected chi connectivity index (χ2v) is 4.34. The molecule has 0 aliphatic carbocycles. The van der Waals surface area contributed by atoms with Crippen molar-refractivity contribution in [2.45, 2.75) is 37.6 Å². The average molecular weight is 241 g/mol. The highest BCUT2D eigenvalue weighted by molar-refractivity contribution is 5.78. The predicted molar refractivity (Wildman–Crippen MR) is 62.6 cm³/mol. The first-order valence-electron chi connectivity index (χ1n) is 5.79. The number of carbonyl (C=O) groups is 2. The van der Waals surface area contributed by atoms with E-state index >= 15 is 0 Å². The zero-order chi connectivity index (χ0) is 12.7. The quantitative estimate of drug-likeness (QED) is 0.683. The highest BCUT2D eigenvalue weighted by Crippen LogP contribution is 2.24. The second kappa shape index (κ2) is 6.39. The summed E-state index contributed by atoms with van der Waals surface area (Å²) in [6.45, 7) is 4.54. The topological polar surface area (TPSA) is 75.6 Å². The van der Waals surface area contributed by atoms with Crippen molar-refractivity contribution in [1.82, 2.24) is 5.32 Å². The van der Waals surface area contributed by atoms with Gasteiger partial charge in [-0.15, -0.1) is 6.58 Å². The van der Waals surface area contributed by atoms with Gasteiger partial charge in [-0.1, -0.05) is 6.08 Å². The molecule has 1 rings (SSSR count). The van der Waals surface area contributed by atoms with Gasteiger partial charge in [-0.2, -0.15) is 0 Å². The number of hydrogen-bond donors (Lipinski definition) is 2. The van der Waals surface area contributed by atoms with Gasteiger partial charge in [-0.25, -0.2) is 0 Å². The van der Waals surface area contributed by atoms with Crippen LogP contribution in [0.4, 0.5) is 0 Å². The molecule has 2 N–H and O–H groups in total. The molecule has 0 spiro atoms. The maximum absolute atomic E-state index is 11.7. The molecule has 5 nitrogen and oxygen atoms in total. The summed E-state index contributed by atoms with van der Waals surface area (Å²) in [5.41, 5.74) is -0.637. The third kappa shape index (κ3) is 4.56. The summed E-state index contributed by atoms with van der Waals surface area (Å²) in [4.78, 5) is 22.5. The Morgan fingerprint density at radius 3 is 2.59 bits per heavy atom. The summed E-state index contributed by atoms with van der Waals surface area (Å²) in [5, 5.41) is 11.8. The van der Waals surface area contributed by atoms with Gasteiger partial charge in [-0.05, 0) is 19.3 Å². The molecule has 0 radical (unpaired) electrons. The van der Waals surface area contributed by atoms with Gasteiger partial charge in [0.05, 0.1) is 12.0 Å². The number of carboxylic acid groups (broad SMARTS) is 1. The summed E-state index contributed by atoms with van der Waals surface area (Å²) in [6, 6.07) is 0. The standard InChI is InChI=1S/C12H19NO4/c1-2-3-4-10(14)13-12(9-11(15)16)5-7-17-8-6-12/h2H,1,3-9H2,(H,13,14)(H,15,16). The van der Waals surface area contributed by atoms with E-state index in [0.717, 1.165) is 0 Å². The largest absolute Gasteiger partial charge is 0.481 e. The number of carboxylic acids is 1. The van der Waals surface area contributed by atoms with Gasteiger partial charge in [0.15, 0.2) is 0 Å². The van der Waals surface area contributed by atoms with Crippen LogP contribution in [0.2, 0.25) is 0 Å². The minimum Gasteiger partial charge on any atom is -0.481 e. The molecular formula is C12H19NO4. The number of ether oxygens (including phenoxy) is 1. The summed E-state index contributed by atoms with van der Waals surface area (Å²) in [6.07, 6.45) is 3.69. The Labute approximate surface area is 101 Å². The van der Waals surface area contributed by atoms with E-state index in [1.807, 2.05) is 0 Å². The van der Waals surface area contributed by atoms with Gasteiger partial charge in [0, 0.05) is 19.6 Å². The molecule has 17 heavy (non-hydrogen) atoms. The van der Waals surface area contributed by atoms with Crippen molar-refractivity contribution in [3.63, 3.8) is 0 Å². The van der Waals surface area contributed by atoms with Gasteiger partial charge in [0.2, 0.25) is 5.91 Å². The predicted octanol–water partition coefficient (Wildman–Crippen LogP) is 1.09. The first-order valence-corrected chi connectivity index (χ1v) is 5.79. The molecule has 0 unspecified atom stereocenters. The van der Waals surface area contributed by atoms with E-state index in [2.05, 4.69) is 11.9 Å².